The zero-order valence-electron chi connectivity index (χ0n) is 13.3. The number of halogens is 3. The molecule has 1 N–H and O–H groups in total. The number of amides is 1. The van der Waals surface area contributed by atoms with E-state index >= 15 is 0 Å². The SMILES string of the molecule is O=C(O)[C@@H]1CN(C(=O)c2ccc(OC3CCC3)cc2)C[C@H]1C(F)(F)F. The van der Waals surface area contributed by atoms with Crippen molar-refractivity contribution in [1.82, 2.24) is 4.90 Å². The van der Waals surface area contributed by atoms with Crippen LogP contribution in [0.15, 0.2) is 24.3 Å². The summed E-state index contributed by atoms with van der Waals surface area (Å²) in [6, 6.07) is 6.20. The first kappa shape index (κ1) is 17.6. The molecule has 0 bridgehead atoms. The van der Waals surface area contributed by atoms with Crippen LogP contribution < -0.4 is 4.74 Å². The molecule has 1 aromatic carbocycles. The third kappa shape index (κ3) is 3.72. The highest BCUT2D eigenvalue weighted by Crippen LogP contribution is 2.38. The Bertz CT molecular complexity index is 655. The van der Waals surface area contributed by atoms with E-state index in [2.05, 4.69) is 0 Å². The molecule has 5 nitrogen and oxygen atoms in total. The number of carboxylic acids is 1. The lowest BCUT2D eigenvalue weighted by Gasteiger charge is -2.26. The number of alkyl halides is 3. The molecule has 1 saturated heterocycles. The number of ether oxygens (including phenoxy) is 1. The molecule has 1 saturated carbocycles. The molecule has 2 atom stereocenters. The zero-order valence-corrected chi connectivity index (χ0v) is 13.3. The molecule has 1 aliphatic heterocycles. The van der Waals surface area contributed by atoms with Crippen molar-refractivity contribution in [1.29, 1.82) is 0 Å². The van der Waals surface area contributed by atoms with Gasteiger partial charge in [-0.25, -0.2) is 0 Å². The van der Waals surface area contributed by atoms with Crippen molar-refractivity contribution in [2.24, 2.45) is 11.8 Å². The normalized spacial score (nSPS) is 24.0. The minimum Gasteiger partial charge on any atom is -0.490 e. The van der Waals surface area contributed by atoms with E-state index in [9.17, 15) is 22.8 Å². The van der Waals surface area contributed by atoms with E-state index in [0.717, 1.165) is 24.2 Å². The first-order valence-corrected chi connectivity index (χ1v) is 8.11. The van der Waals surface area contributed by atoms with Gasteiger partial charge in [0.05, 0.1) is 17.9 Å². The van der Waals surface area contributed by atoms with Crippen LogP contribution in [-0.2, 0) is 4.79 Å². The first-order valence-electron chi connectivity index (χ1n) is 8.11. The second kappa shape index (κ2) is 6.57. The molecule has 3 rings (SSSR count). The molecule has 25 heavy (non-hydrogen) atoms. The van der Waals surface area contributed by atoms with Gasteiger partial charge in [0.1, 0.15) is 5.75 Å². The molecule has 0 aromatic heterocycles. The number of carbonyl (C=O) groups excluding carboxylic acids is 1. The molecule has 2 aliphatic rings. The van der Waals surface area contributed by atoms with Gasteiger partial charge in [0.15, 0.2) is 0 Å². The van der Waals surface area contributed by atoms with Crippen molar-refractivity contribution >= 4 is 11.9 Å². The fourth-order valence-electron chi connectivity index (χ4n) is 3.09. The number of hydrogen-bond acceptors (Lipinski definition) is 3. The minimum absolute atomic E-state index is 0.184. The van der Waals surface area contributed by atoms with Crippen molar-refractivity contribution in [2.75, 3.05) is 13.1 Å². The third-order valence-electron chi connectivity index (χ3n) is 4.80. The number of carbonyl (C=O) groups is 2. The minimum atomic E-state index is -4.65. The van der Waals surface area contributed by atoms with Crippen LogP contribution in [0, 0.1) is 11.8 Å². The van der Waals surface area contributed by atoms with Crippen molar-refractivity contribution in [3.05, 3.63) is 29.8 Å². The molecule has 0 spiro atoms. The first-order chi connectivity index (χ1) is 11.8. The highest BCUT2D eigenvalue weighted by molar-refractivity contribution is 5.95. The van der Waals surface area contributed by atoms with E-state index in [-0.39, 0.29) is 11.7 Å². The van der Waals surface area contributed by atoms with Gasteiger partial charge in [-0.3, -0.25) is 9.59 Å². The third-order valence-corrected chi connectivity index (χ3v) is 4.80. The summed E-state index contributed by atoms with van der Waals surface area (Å²) in [5.74, 6) is -5.21. The highest BCUT2D eigenvalue weighted by Gasteiger charge is 2.53. The summed E-state index contributed by atoms with van der Waals surface area (Å²) in [6.07, 6.45) is -1.36. The summed E-state index contributed by atoms with van der Waals surface area (Å²) >= 11 is 0. The van der Waals surface area contributed by atoms with Crippen molar-refractivity contribution in [3.8, 4) is 5.75 Å². The van der Waals surface area contributed by atoms with Crippen LogP contribution in [0.2, 0.25) is 0 Å². The quantitative estimate of drug-likeness (QED) is 0.900. The van der Waals surface area contributed by atoms with Crippen LogP contribution in [0.1, 0.15) is 29.6 Å². The molecule has 2 fully saturated rings. The molecule has 136 valence electrons. The van der Waals surface area contributed by atoms with E-state index in [1.165, 1.54) is 12.1 Å². The molecular weight excluding hydrogens is 339 g/mol. The number of benzene rings is 1. The maximum Gasteiger partial charge on any atom is 0.394 e. The summed E-state index contributed by atoms with van der Waals surface area (Å²) in [6.45, 7) is -1.09. The lowest BCUT2D eigenvalue weighted by Crippen LogP contribution is -2.34. The highest BCUT2D eigenvalue weighted by atomic mass is 19.4. The maximum atomic E-state index is 13.0. The Balaban J connectivity index is 1.69. The number of nitrogens with zero attached hydrogens (tertiary/aromatic N) is 1. The van der Waals surface area contributed by atoms with Gasteiger partial charge in [-0.15, -0.1) is 0 Å². The molecule has 0 radical (unpaired) electrons. The van der Waals surface area contributed by atoms with E-state index in [1.54, 1.807) is 12.1 Å². The standard InChI is InChI=1S/C17H18F3NO4/c18-17(19,20)14-9-21(8-13(14)16(23)24)15(22)10-4-6-12(7-5-10)25-11-2-1-3-11/h4-7,11,13-14H,1-3,8-9H2,(H,23,24)/t13-,14-/m1/s1. The van der Waals surface area contributed by atoms with Crippen molar-refractivity contribution in [3.63, 3.8) is 0 Å². The molecule has 0 unspecified atom stereocenters. The van der Waals surface area contributed by atoms with Gasteiger partial charge >= 0.3 is 12.1 Å². The fourth-order valence-corrected chi connectivity index (χ4v) is 3.09. The summed E-state index contributed by atoms with van der Waals surface area (Å²) < 4.78 is 44.7. The fraction of sp³-hybridized carbons (Fsp3) is 0.529. The average Bonchev–Trinajstić information content (AvgIpc) is 2.96. The van der Waals surface area contributed by atoms with E-state index in [1.807, 2.05) is 0 Å². The monoisotopic (exact) mass is 357 g/mol. The van der Waals surface area contributed by atoms with E-state index < -0.39 is 43.0 Å². The molecule has 1 aromatic rings. The Morgan fingerprint density at radius 1 is 1.12 bits per heavy atom. The van der Waals surface area contributed by atoms with Crippen LogP contribution in [0.5, 0.6) is 5.75 Å². The Labute approximate surface area is 142 Å². The van der Waals surface area contributed by atoms with Gasteiger partial charge in [0, 0.05) is 18.7 Å². The van der Waals surface area contributed by atoms with Gasteiger partial charge in [-0.05, 0) is 43.5 Å². The van der Waals surface area contributed by atoms with Crippen LogP contribution in [0.3, 0.4) is 0 Å². The van der Waals surface area contributed by atoms with Crippen molar-refractivity contribution < 1.29 is 32.6 Å². The second-order valence-corrected chi connectivity index (χ2v) is 6.50. The summed E-state index contributed by atoms with van der Waals surface area (Å²) in [5, 5.41) is 9.01. The van der Waals surface area contributed by atoms with Gasteiger partial charge in [-0.1, -0.05) is 0 Å². The summed E-state index contributed by atoms with van der Waals surface area (Å²) in [4.78, 5) is 24.5. The zero-order chi connectivity index (χ0) is 18.2. The van der Waals surface area contributed by atoms with Crippen LogP contribution in [0.4, 0.5) is 13.2 Å². The molecular formula is C17H18F3NO4. The number of hydrogen-bond donors (Lipinski definition) is 1. The Kier molecular flexibility index (Phi) is 4.62. The Morgan fingerprint density at radius 3 is 2.20 bits per heavy atom. The Morgan fingerprint density at radius 2 is 1.76 bits per heavy atom. The molecule has 1 aliphatic carbocycles. The molecule has 1 heterocycles. The number of rotatable bonds is 4. The average molecular weight is 357 g/mol. The smallest absolute Gasteiger partial charge is 0.394 e. The second-order valence-electron chi connectivity index (χ2n) is 6.50. The summed E-state index contributed by atoms with van der Waals surface area (Å²) in [7, 11) is 0. The van der Waals surface area contributed by atoms with E-state index in [4.69, 9.17) is 9.84 Å². The maximum absolute atomic E-state index is 13.0. The predicted octanol–water partition coefficient (Wildman–Crippen LogP) is 2.95. The van der Waals surface area contributed by atoms with Crippen LogP contribution >= 0.6 is 0 Å². The largest absolute Gasteiger partial charge is 0.490 e. The van der Waals surface area contributed by atoms with Crippen molar-refractivity contribution in [2.45, 2.75) is 31.5 Å². The van der Waals surface area contributed by atoms with Crippen LogP contribution in [-0.4, -0.2) is 47.3 Å². The number of likely N-dealkylation sites (tertiary alicyclic amines) is 1. The van der Waals surface area contributed by atoms with Crippen LogP contribution in [0.25, 0.3) is 0 Å². The number of aliphatic carboxylic acids is 1. The predicted molar refractivity (Wildman–Crippen MR) is 81.3 cm³/mol. The number of carboxylic acid groups (broad SMARTS) is 1. The van der Waals surface area contributed by atoms with Gasteiger partial charge in [0.25, 0.3) is 5.91 Å². The van der Waals surface area contributed by atoms with Gasteiger partial charge in [0.2, 0.25) is 0 Å². The topological polar surface area (TPSA) is 66.8 Å². The van der Waals surface area contributed by atoms with Gasteiger partial charge in [-0.2, -0.15) is 13.2 Å². The van der Waals surface area contributed by atoms with Gasteiger partial charge < -0.3 is 14.7 Å². The lowest BCUT2D eigenvalue weighted by atomic mass is 9.96. The van der Waals surface area contributed by atoms with E-state index in [0.29, 0.717) is 5.75 Å². The Hall–Kier alpha value is -2.25. The summed E-state index contributed by atoms with van der Waals surface area (Å²) in [5.41, 5.74) is 0.216. The molecule has 1 amide bonds. The molecule has 8 heteroatoms. The lowest BCUT2D eigenvalue weighted by molar-refractivity contribution is -0.187.